The highest BCUT2D eigenvalue weighted by Gasteiger charge is 2.44. The van der Waals surface area contributed by atoms with Crippen molar-refractivity contribution in [2.45, 2.75) is 17.4 Å². The molecule has 0 aliphatic rings. The zero-order valence-electron chi connectivity index (χ0n) is 10.8. The van der Waals surface area contributed by atoms with E-state index in [2.05, 4.69) is 9.47 Å². The molecule has 0 fully saturated rings. The van der Waals surface area contributed by atoms with Gasteiger partial charge in [-0.1, -0.05) is 0 Å². The third kappa shape index (κ3) is 4.31. The Balaban J connectivity index is 3.36. The summed E-state index contributed by atoms with van der Waals surface area (Å²) in [6.45, 7) is 0. The first kappa shape index (κ1) is 17.2. The van der Waals surface area contributed by atoms with Gasteiger partial charge < -0.3 is 9.47 Å². The number of ether oxygens (including phenoxy) is 2. The van der Waals surface area contributed by atoms with Crippen molar-refractivity contribution >= 4 is 15.8 Å². The van der Waals surface area contributed by atoms with E-state index < -0.39 is 44.5 Å². The highest BCUT2D eigenvalue weighted by molar-refractivity contribution is 7.90. The van der Waals surface area contributed by atoms with Crippen LogP contribution in [0, 0.1) is 0 Å². The molecule has 0 unspecified atom stereocenters. The topological polar surface area (TPSA) is 69.7 Å². The Morgan fingerprint density at radius 1 is 1.24 bits per heavy atom. The number of rotatable bonds is 5. The summed E-state index contributed by atoms with van der Waals surface area (Å²) in [4.78, 5) is 10.8. The molecule has 0 N–H and O–H groups in total. The summed E-state index contributed by atoms with van der Waals surface area (Å²) in [5.74, 6) is -1.94. The van der Waals surface area contributed by atoms with Crippen LogP contribution in [0.1, 0.15) is 10.4 Å². The lowest BCUT2D eigenvalue weighted by Gasteiger charge is -2.17. The van der Waals surface area contributed by atoms with Crippen LogP contribution in [0.5, 0.6) is 5.75 Å². The van der Waals surface area contributed by atoms with Crippen LogP contribution in [0.25, 0.3) is 0 Å². The summed E-state index contributed by atoms with van der Waals surface area (Å²) < 4.78 is 80.7. The SMILES string of the molecule is COC(=O)c1cc(OC(F)(F)C(F)F)cc(S(C)(=O)=O)c1. The van der Waals surface area contributed by atoms with E-state index in [4.69, 9.17) is 0 Å². The number of alkyl halides is 4. The Labute approximate surface area is 117 Å². The fraction of sp³-hybridized carbons (Fsp3) is 0.364. The summed E-state index contributed by atoms with van der Waals surface area (Å²) in [5.41, 5.74) is -0.430. The Bertz CT molecular complexity index is 642. The van der Waals surface area contributed by atoms with Gasteiger partial charge in [0.05, 0.1) is 17.6 Å². The maximum absolute atomic E-state index is 12.8. The van der Waals surface area contributed by atoms with E-state index in [1.807, 2.05) is 0 Å². The predicted octanol–water partition coefficient (Wildman–Crippen LogP) is 2.11. The van der Waals surface area contributed by atoms with Gasteiger partial charge in [-0.15, -0.1) is 0 Å². The minimum atomic E-state index is -4.83. The maximum atomic E-state index is 12.8. The van der Waals surface area contributed by atoms with Crippen molar-refractivity contribution in [3.63, 3.8) is 0 Å². The third-order valence-electron chi connectivity index (χ3n) is 2.24. The quantitative estimate of drug-likeness (QED) is 0.611. The Kier molecular flexibility index (Phi) is 4.82. The second-order valence-electron chi connectivity index (χ2n) is 3.92. The van der Waals surface area contributed by atoms with Crippen LogP contribution >= 0.6 is 0 Å². The van der Waals surface area contributed by atoms with Crippen molar-refractivity contribution in [1.82, 2.24) is 0 Å². The van der Waals surface area contributed by atoms with Crippen LogP contribution in [-0.4, -0.2) is 40.3 Å². The molecule has 0 heterocycles. The number of benzene rings is 1. The van der Waals surface area contributed by atoms with Gasteiger partial charge in [0.1, 0.15) is 5.75 Å². The number of hydrogen-bond acceptors (Lipinski definition) is 5. The van der Waals surface area contributed by atoms with E-state index in [0.717, 1.165) is 19.4 Å². The maximum Gasteiger partial charge on any atom is 0.461 e. The van der Waals surface area contributed by atoms with Crippen LogP contribution in [-0.2, 0) is 14.6 Å². The zero-order chi connectivity index (χ0) is 16.4. The molecule has 21 heavy (non-hydrogen) atoms. The highest BCUT2D eigenvalue weighted by atomic mass is 32.2. The van der Waals surface area contributed by atoms with Gasteiger partial charge in [0.25, 0.3) is 0 Å². The summed E-state index contributed by atoms with van der Waals surface area (Å²) in [5, 5.41) is 0. The summed E-state index contributed by atoms with van der Waals surface area (Å²) >= 11 is 0. The molecule has 0 spiro atoms. The second-order valence-corrected chi connectivity index (χ2v) is 5.94. The molecule has 0 amide bonds. The van der Waals surface area contributed by atoms with E-state index in [1.54, 1.807) is 0 Å². The van der Waals surface area contributed by atoms with Gasteiger partial charge in [0, 0.05) is 6.26 Å². The van der Waals surface area contributed by atoms with E-state index in [1.165, 1.54) is 0 Å². The number of hydrogen-bond donors (Lipinski definition) is 0. The van der Waals surface area contributed by atoms with E-state index in [-0.39, 0.29) is 0 Å². The van der Waals surface area contributed by atoms with Gasteiger partial charge in [0.2, 0.25) is 0 Å². The van der Waals surface area contributed by atoms with Crippen molar-refractivity contribution in [2.24, 2.45) is 0 Å². The highest BCUT2D eigenvalue weighted by Crippen LogP contribution is 2.30. The standard InChI is InChI=1S/C11H10F4O5S/c1-19-9(16)6-3-7(20-11(14,15)10(12)13)5-8(4-6)21(2,17)18/h3-5,10H,1-2H3. The Morgan fingerprint density at radius 2 is 1.81 bits per heavy atom. The van der Waals surface area contributed by atoms with Crippen LogP contribution in [0.3, 0.4) is 0 Å². The molecule has 0 bridgehead atoms. The fourth-order valence-corrected chi connectivity index (χ4v) is 1.95. The van der Waals surface area contributed by atoms with Crippen LogP contribution in [0.2, 0.25) is 0 Å². The molecule has 10 heteroatoms. The van der Waals surface area contributed by atoms with Gasteiger partial charge in [-0.2, -0.15) is 17.6 Å². The van der Waals surface area contributed by atoms with Gasteiger partial charge in [-0.3, -0.25) is 0 Å². The van der Waals surface area contributed by atoms with Crippen molar-refractivity contribution in [2.75, 3.05) is 13.4 Å². The van der Waals surface area contributed by atoms with Gasteiger partial charge in [-0.05, 0) is 18.2 Å². The molecule has 0 saturated carbocycles. The lowest BCUT2D eigenvalue weighted by atomic mass is 10.2. The van der Waals surface area contributed by atoms with Crippen molar-refractivity contribution in [1.29, 1.82) is 0 Å². The molecule has 1 rings (SSSR count). The summed E-state index contributed by atoms with van der Waals surface area (Å²) in [6, 6.07) is 2.14. The minimum absolute atomic E-state index is 0.430. The number of carbonyl (C=O) groups excluding carboxylic acids is 1. The monoisotopic (exact) mass is 330 g/mol. The zero-order valence-corrected chi connectivity index (χ0v) is 11.6. The normalized spacial score (nSPS) is 12.3. The van der Waals surface area contributed by atoms with Crippen molar-refractivity contribution in [3.05, 3.63) is 23.8 Å². The molecule has 0 aliphatic heterocycles. The fourth-order valence-electron chi connectivity index (χ4n) is 1.28. The number of esters is 1. The predicted molar refractivity (Wildman–Crippen MR) is 62.5 cm³/mol. The Hall–Kier alpha value is -1.84. The van der Waals surface area contributed by atoms with Crippen LogP contribution < -0.4 is 4.74 Å². The lowest BCUT2D eigenvalue weighted by molar-refractivity contribution is -0.253. The molecule has 0 aromatic heterocycles. The van der Waals surface area contributed by atoms with Crippen LogP contribution in [0.15, 0.2) is 23.1 Å². The van der Waals surface area contributed by atoms with Crippen molar-refractivity contribution < 1.29 is 40.2 Å². The summed E-state index contributed by atoms with van der Waals surface area (Å²) in [7, 11) is -2.91. The van der Waals surface area contributed by atoms with Gasteiger partial charge in [0.15, 0.2) is 9.84 Å². The molecular weight excluding hydrogens is 320 g/mol. The Morgan fingerprint density at radius 3 is 2.24 bits per heavy atom. The lowest BCUT2D eigenvalue weighted by Crippen LogP contribution is -2.33. The molecular formula is C11H10F4O5S. The largest absolute Gasteiger partial charge is 0.465 e. The first-order valence-corrected chi connectivity index (χ1v) is 7.15. The van der Waals surface area contributed by atoms with E-state index in [9.17, 15) is 30.8 Å². The summed E-state index contributed by atoms with van der Waals surface area (Å²) in [6.07, 6.45) is -8.21. The van der Waals surface area contributed by atoms with Crippen molar-refractivity contribution in [3.8, 4) is 5.75 Å². The number of sulfone groups is 1. The molecule has 1 aromatic rings. The number of halogens is 4. The molecule has 118 valence electrons. The van der Waals surface area contributed by atoms with Gasteiger partial charge >= 0.3 is 18.5 Å². The first-order chi connectivity index (χ1) is 9.47. The minimum Gasteiger partial charge on any atom is -0.465 e. The smallest absolute Gasteiger partial charge is 0.461 e. The number of methoxy groups -OCH3 is 1. The van der Waals surface area contributed by atoms with Crippen LogP contribution in [0.4, 0.5) is 17.6 Å². The van der Waals surface area contributed by atoms with E-state index in [0.29, 0.717) is 12.1 Å². The molecule has 0 atom stereocenters. The van der Waals surface area contributed by atoms with Gasteiger partial charge in [-0.25, -0.2) is 13.2 Å². The molecule has 5 nitrogen and oxygen atoms in total. The third-order valence-corrected chi connectivity index (χ3v) is 3.33. The number of carbonyl (C=O) groups is 1. The molecule has 0 saturated heterocycles. The second kappa shape index (κ2) is 5.88. The molecule has 0 radical (unpaired) electrons. The van der Waals surface area contributed by atoms with E-state index >= 15 is 0 Å². The average Bonchev–Trinajstić information content (AvgIpc) is 2.35. The average molecular weight is 330 g/mol. The first-order valence-electron chi connectivity index (χ1n) is 5.26. The molecule has 0 aliphatic carbocycles. The molecule has 1 aromatic carbocycles.